The van der Waals surface area contributed by atoms with Crippen LogP contribution in [0.2, 0.25) is 0 Å². The average Bonchev–Trinajstić information content (AvgIpc) is 3.10. The third-order valence-electron chi connectivity index (χ3n) is 4.16. The first kappa shape index (κ1) is 14.4. The van der Waals surface area contributed by atoms with E-state index in [4.69, 9.17) is 0 Å². The molecule has 1 unspecified atom stereocenters. The molecule has 0 radical (unpaired) electrons. The number of benzene rings is 1. The van der Waals surface area contributed by atoms with Crippen molar-refractivity contribution in [1.82, 2.24) is 14.8 Å². The Kier molecular flexibility index (Phi) is 3.31. The lowest BCUT2D eigenvalue weighted by atomic mass is 9.90. The summed E-state index contributed by atoms with van der Waals surface area (Å²) in [7, 11) is 0. The molecule has 0 aliphatic carbocycles. The van der Waals surface area contributed by atoms with Crippen LogP contribution < -0.4 is 4.90 Å². The molecule has 2 aromatic rings. The first-order valence-electron chi connectivity index (χ1n) is 7.28. The Morgan fingerprint density at radius 3 is 2.41 bits per heavy atom. The predicted molar refractivity (Wildman–Crippen MR) is 81.2 cm³/mol. The fourth-order valence-corrected chi connectivity index (χ4v) is 2.69. The first-order chi connectivity index (χ1) is 10.5. The number of Topliss-reactive ketones (excluding diaryl/α,β-unsaturated/α-hetero) is 1. The highest BCUT2D eigenvalue weighted by molar-refractivity contribution is 6.21. The summed E-state index contributed by atoms with van der Waals surface area (Å²) in [5.41, 5.74) is 0.806. The van der Waals surface area contributed by atoms with E-state index in [9.17, 15) is 9.59 Å². The first-order valence-corrected chi connectivity index (χ1v) is 7.28. The monoisotopic (exact) mass is 298 g/mol. The minimum absolute atomic E-state index is 0.178. The zero-order valence-electron chi connectivity index (χ0n) is 12.9. The third kappa shape index (κ3) is 2.03. The van der Waals surface area contributed by atoms with Gasteiger partial charge in [-0.1, -0.05) is 19.1 Å². The number of aryl methyl sites for hydroxylation is 1. The highest BCUT2D eigenvalue weighted by Gasteiger charge is 2.54. The molecule has 1 fully saturated rings. The fourth-order valence-electron chi connectivity index (χ4n) is 2.69. The lowest BCUT2D eigenvalue weighted by Crippen LogP contribution is -2.34. The molecule has 1 saturated heterocycles. The number of amides is 1. The second-order valence-electron chi connectivity index (χ2n) is 5.93. The van der Waals surface area contributed by atoms with Crippen molar-refractivity contribution >= 4 is 17.4 Å². The average molecular weight is 298 g/mol. The number of rotatable bonds is 3. The number of hydrogen-bond donors (Lipinski definition) is 0. The van der Waals surface area contributed by atoms with Gasteiger partial charge in [-0.25, -0.2) is 9.67 Å². The molecule has 1 aliphatic heterocycles. The van der Waals surface area contributed by atoms with Crippen LogP contribution in [0.5, 0.6) is 0 Å². The molecule has 0 bridgehead atoms. The molecule has 1 aromatic heterocycles. The summed E-state index contributed by atoms with van der Waals surface area (Å²) in [6.45, 7) is 5.38. The van der Waals surface area contributed by atoms with Crippen LogP contribution in [0.25, 0.3) is 0 Å². The van der Waals surface area contributed by atoms with Gasteiger partial charge in [0.2, 0.25) is 5.91 Å². The summed E-state index contributed by atoms with van der Waals surface area (Å²) in [5, 5.41) is 4.05. The summed E-state index contributed by atoms with van der Waals surface area (Å²) < 4.78 is 1.43. The van der Waals surface area contributed by atoms with Crippen LogP contribution in [0.3, 0.4) is 0 Å². The van der Waals surface area contributed by atoms with Crippen molar-refractivity contribution in [3.05, 3.63) is 42.5 Å². The molecule has 0 N–H and O–H groups in total. The maximum Gasteiger partial charge on any atom is 0.242 e. The Morgan fingerprint density at radius 1 is 1.18 bits per heavy atom. The molecule has 1 aromatic carbocycles. The molecule has 2 heterocycles. The van der Waals surface area contributed by atoms with Gasteiger partial charge in [-0.3, -0.25) is 14.5 Å². The van der Waals surface area contributed by atoms with Crippen LogP contribution in [0, 0.1) is 5.41 Å². The molecule has 22 heavy (non-hydrogen) atoms. The van der Waals surface area contributed by atoms with E-state index in [2.05, 4.69) is 17.0 Å². The zero-order valence-corrected chi connectivity index (χ0v) is 12.9. The van der Waals surface area contributed by atoms with Crippen LogP contribution in [0.4, 0.5) is 5.69 Å². The van der Waals surface area contributed by atoms with E-state index in [-0.39, 0.29) is 11.7 Å². The molecule has 1 atom stereocenters. The van der Waals surface area contributed by atoms with Gasteiger partial charge >= 0.3 is 0 Å². The molecule has 0 spiro atoms. The second-order valence-corrected chi connectivity index (χ2v) is 5.93. The molecule has 3 rings (SSSR count). The Hall–Kier alpha value is -2.50. The van der Waals surface area contributed by atoms with Gasteiger partial charge in [0.1, 0.15) is 18.1 Å². The Labute approximate surface area is 128 Å². The van der Waals surface area contributed by atoms with E-state index in [1.54, 1.807) is 13.8 Å². The van der Waals surface area contributed by atoms with E-state index >= 15 is 0 Å². The third-order valence-corrected chi connectivity index (χ3v) is 4.16. The van der Waals surface area contributed by atoms with Gasteiger partial charge in [0, 0.05) is 5.69 Å². The summed E-state index contributed by atoms with van der Waals surface area (Å²) in [5.74, 6) is -0.398. The minimum atomic E-state index is -1.07. The fraction of sp³-hybridized carbons (Fsp3) is 0.375. The number of aromatic nitrogens is 3. The molecule has 6 heteroatoms. The molecule has 114 valence electrons. The standard InChI is InChI=1S/C16H18N4O2/c1-4-11-5-7-12(8-6-11)20-14(19-10-17-9-18-19)13(21)16(2,3)15(20)22/h5-10,14H,4H2,1-3H3. The van der Waals surface area contributed by atoms with Gasteiger partial charge in [-0.15, -0.1) is 0 Å². The van der Waals surface area contributed by atoms with Gasteiger partial charge in [-0.2, -0.15) is 5.10 Å². The van der Waals surface area contributed by atoms with Gasteiger partial charge < -0.3 is 0 Å². The lowest BCUT2D eigenvalue weighted by molar-refractivity contribution is -0.133. The van der Waals surface area contributed by atoms with Gasteiger partial charge in [0.25, 0.3) is 0 Å². The summed E-state index contributed by atoms with van der Waals surface area (Å²) in [6, 6.07) is 7.68. The van der Waals surface area contributed by atoms with E-state index in [1.165, 1.54) is 27.8 Å². The molecular formula is C16H18N4O2. The minimum Gasteiger partial charge on any atom is -0.294 e. The second kappa shape index (κ2) is 5.05. The predicted octanol–water partition coefficient (Wildman–Crippen LogP) is 1.98. The van der Waals surface area contributed by atoms with Crippen LogP contribution in [0.15, 0.2) is 36.9 Å². The Bertz CT molecular complexity index is 704. The van der Waals surface area contributed by atoms with Crippen molar-refractivity contribution < 1.29 is 9.59 Å². The molecule has 0 saturated carbocycles. The molecular weight excluding hydrogens is 280 g/mol. The van der Waals surface area contributed by atoms with E-state index in [0.29, 0.717) is 5.69 Å². The molecule has 6 nitrogen and oxygen atoms in total. The number of carbonyl (C=O) groups excluding carboxylic acids is 2. The quantitative estimate of drug-likeness (QED) is 0.813. The van der Waals surface area contributed by atoms with Crippen LogP contribution in [0.1, 0.15) is 32.5 Å². The number of nitrogens with zero attached hydrogens (tertiary/aromatic N) is 4. The largest absolute Gasteiger partial charge is 0.294 e. The van der Waals surface area contributed by atoms with E-state index in [0.717, 1.165) is 6.42 Å². The Balaban J connectivity index is 2.09. The number of hydrogen-bond acceptors (Lipinski definition) is 4. The van der Waals surface area contributed by atoms with Crippen LogP contribution in [-0.2, 0) is 16.0 Å². The van der Waals surface area contributed by atoms with Crippen molar-refractivity contribution in [2.24, 2.45) is 5.41 Å². The Morgan fingerprint density at radius 2 is 1.86 bits per heavy atom. The number of anilines is 1. The number of carbonyl (C=O) groups is 2. The molecule has 1 aliphatic rings. The van der Waals surface area contributed by atoms with Gasteiger partial charge in [-0.05, 0) is 38.0 Å². The van der Waals surface area contributed by atoms with E-state index in [1.807, 2.05) is 24.3 Å². The zero-order chi connectivity index (χ0) is 15.9. The highest BCUT2D eigenvalue weighted by atomic mass is 16.2. The summed E-state index contributed by atoms with van der Waals surface area (Å²) in [4.78, 5) is 30.8. The van der Waals surface area contributed by atoms with Crippen LogP contribution >= 0.6 is 0 Å². The summed E-state index contributed by atoms with van der Waals surface area (Å²) in [6.07, 6.45) is 2.97. The van der Waals surface area contributed by atoms with Crippen molar-refractivity contribution in [3.63, 3.8) is 0 Å². The lowest BCUT2D eigenvalue weighted by Gasteiger charge is -2.23. The maximum absolute atomic E-state index is 12.7. The summed E-state index contributed by atoms with van der Waals surface area (Å²) >= 11 is 0. The van der Waals surface area contributed by atoms with E-state index < -0.39 is 11.6 Å². The van der Waals surface area contributed by atoms with Gasteiger partial charge in [0.05, 0.1) is 0 Å². The number of ketones is 1. The smallest absolute Gasteiger partial charge is 0.242 e. The normalized spacial score (nSPS) is 20.7. The van der Waals surface area contributed by atoms with Crippen molar-refractivity contribution in [3.8, 4) is 0 Å². The van der Waals surface area contributed by atoms with Crippen molar-refractivity contribution in [1.29, 1.82) is 0 Å². The maximum atomic E-state index is 12.7. The van der Waals surface area contributed by atoms with Crippen molar-refractivity contribution in [2.75, 3.05) is 4.90 Å². The highest BCUT2D eigenvalue weighted by Crippen LogP contribution is 2.40. The molecule has 1 amide bonds. The SMILES string of the molecule is CCc1ccc(N2C(=O)C(C)(C)C(=O)C2n2cncn2)cc1. The van der Waals surface area contributed by atoms with Crippen molar-refractivity contribution in [2.45, 2.75) is 33.4 Å². The van der Waals surface area contributed by atoms with Crippen LogP contribution in [-0.4, -0.2) is 26.5 Å². The topological polar surface area (TPSA) is 68.1 Å². The van der Waals surface area contributed by atoms with Gasteiger partial charge in [0.15, 0.2) is 11.9 Å².